The molecule has 1 saturated carbocycles. The van der Waals surface area contributed by atoms with Gasteiger partial charge in [-0.15, -0.1) is 0 Å². The molecule has 30 heavy (non-hydrogen) atoms. The molecule has 2 aromatic heterocycles. The summed E-state index contributed by atoms with van der Waals surface area (Å²) in [7, 11) is 0. The van der Waals surface area contributed by atoms with Crippen molar-refractivity contribution in [2.75, 3.05) is 0 Å². The molecule has 1 N–H and O–H groups in total. The van der Waals surface area contributed by atoms with Crippen LogP contribution in [0, 0.1) is 11.3 Å². The summed E-state index contributed by atoms with van der Waals surface area (Å²) in [6.07, 6.45) is 4.18. The van der Waals surface area contributed by atoms with E-state index in [2.05, 4.69) is 16.2 Å². The first-order chi connectivity index (χ1) is 14.5. The molecule has 0 amide bonds. The fourth-order valence-electron chi connectivity index (χ4n) is 3.99. The Morgan fingerprint density at radius 1 is 1.07 bits per heavy atom. The minimum Gasteiger partial charge on any atom is -0.292 e. The van der Waals surface area contributed by atoms with Gasteiger partial charge in [-0.3, -0.25) is 9.89 Å². The van der Waals surface area contributed by atoms with Crippen LogP contribution in [-0.4, -0.2) is 14.6 Å². The number of halogens is 2. The van der Waals surface area contributed by atoms with Gasteiger partial charge in [-0.05, 0) is 54.7 Å². The molecule has 4 aromatic rings. The molecule has 0 saturated heterocycles. The number of aromatic amines is 1. The lowest BCUT2D eigenvalue weighted by atomic mass is 9.91. The van der Waals surface area contributed by atoms with Crippen LogP contribution in [-0.2, 0) is 11.8 Å². The molecule has 1 fully saturated rings. The third kappa shape index (κ3) is 3.09. The lowest BCUT2D eigenvalue weighted by molar-refractivity contribution is 0.647. The quantitative estimate of drug-likeness (QED) is 0.482. The summed E-state index contributed by atoms with van der Waals surface area (Å²) >= 11 is 12.0. The molecule has 1 aliphatic rings. The fourth-order valence-corrected chi connectivity index (χ4v) is 4.24. The minimum atomic E-state index is -0.243. The summed E-state index contributed by atoms with van der Waals surface area (Å²) in [4.78, 5) is 17.6. The first-order valence-electron chi connectivity index (χ1n) is 9.55. The van der Waals surface area contributed by atoms with E-state index in [9.17, 15) is 10.1 Å². The highest BCUT2D eigenvalue weighted by molar-refractivity contribution is 6.30. The zero-order chi connectivity index (χ0) is 20.9. The SMILES string of the molecule is N#Cc1c(C2(Cc3ccc(Cl)cc3)CC2)[nH]n2c(=O)c(-c3ccc(Cl)cc3)cnc12. The molecule has 2 heterocycles. The number of nitriles is 1. The lowest BCUT2D eigenvalue weighted by Crippen LogP contribution is -2.18. The molecule has 5 rings (SSSR count). The van der Waals surface area contributed by atoms with Crippen LogP contribution in [0.1, 0.15) is 29.7 Å². The molecule has 0 spiro atoms. The van der Waals surface area contributed by atoms with Gasteiger partial charge in [0.25, 0.3) is 5.56 Å². The van der Waals surface area contributed by atoms with Crippen LogP contribution in [0.3, 0.4) is 0 Å². The van der Waals surface area contributed by atoms with E-state index in [4.69, 9.17) is 23.2 Å². The Labute approximate surface area is 182 Å². The van der Waals surface area contributed by atoms with E-state index in [1.54, 1.807) is 24.3 Å². The van der Waals surface area contributed by atoms with E-state index >= 15 is 0 Å². The van der Waals surface area contributed by atoms with Gasteiger partial charge in [0, 0.05) is 21.7 Å². The minimum absolute atomic E-state index is 0.195. The molecular formula is C23H16Cl2N4O. The molecule has 0 unspecified atom stereocenters. The number of nitrogens with zero attached hydrogens (tertiary/aromatic N) is 3. The molecule has 0 atom stereocenters. The fraction of sp³-hybridized carbons (Fsp3) is 0.174. The second kappa shape index (κ2) is 7.02. The summed E-state index contributed by atoms with van der Waals surface area (Å²) in [5.74, 6) is 0. The second-order valence-electron chi connectivity index (χ2n) is 7.70. The predicted octanol–water partition coefficient (Wildman–Crippen LogP) is 5.14. The van der Waals surface area contributed by atoms with E-state index < -0.39 is 0 Å². The van der Waals surface area contributed by atoms with Gasteiger partial charge < -0.3 is 0 Å². The Balaban J connectivity index is 1.62. The number of hydrogen-bond acceptors (Lipinski definition) is 3. The van der Waals surface area contributed by atoms with Crippen LogP contribution in [0.25, 0.3) is 16.8 Å². The summed E-state index contributed by atoms with van der Waals surface area (Å²) in [6, 6.07) is 17.0. The van der Waals surface area contributed by atoms with Crippen molar-refractivity contribution in [1.82, 2.24) is 14.6 Å². The van der Waals surface area contributed by atoms with E-state index in [0.29, 0.717) is 26.8 Å². The van der Waals surface area contributed by atoms with Crippen molar-refractivity contribution >= 4 is 28.8 Å². The highest BCUT2D eigenvalue weighted by Crippen LogP contribution is 2.51. The highest BCUT2D eigenvalue weighted by atomic mass is 35.5. The third-order valence-corrected chi connectivity index (χ3v) is 6.27. The summed E-state index contributed by atoms with van der Waals surface area (Å²) in [5, 5.41) is 14.3. The van der Waals surface area contributed by atoms with Gasteiger partial charge in [0.1, 0.15) is 11.6 Å². The Kier molecular flexibility index (Phi) is 4.43. The van der Waals surface area contributed by atoms with Crippen LogP contribution >= 0.6 is 23.2 Å². The van der Waals surface area contributed by atoms with Crippen LogP contribution in [0.2, 0.25) is 10.0 Å². The van der Waals surface area contributed by atoms with Crippen molar-refractivity contribution in [3.63, 3.8) is 0 Å². The van der Waals surface area contributed by atoms with Crippen molar-refractivity contribution in [3.8, 4) is 17.2 Å². The molecular weight excluding hydrogens is 419 g/mol. The van der Waals surface area contributed by atoms with E-state index in [0.717, 1.165) is 36.1 Å². The van der Waals surface area contributed by atoms with Crippen molar-refractivity contribution < 1.29 is 0 Å². The van der Waals surface area contributed by atoms with Crippen molar-refractivity contribution in [1.29, 1.82) is 5.26 Å². The van der Waals surface area contributed by atoms with Crippen molar-refractivity contribution in [2.24, 2.45) is 0 Å². The molecule has 0 radical (unpaired) electrons. The molecule has 7 heteroatoms. The standard InChI is InChI=1S/C23H16Cl2N4O/c24-16-5-1-14(2-6-16)11-23(9-10-23)20-18(12-26)21-27-13-19(22(30)29(21)28-20)15-3-7-17(25)8-4-15/h1-8,13,28H,9-11H2. The van der Waals surface area contributed by atoms with E-state index in [1.807, 2.05) is 24.3 Å². The van der Waals surface area contributed by atoms with Gasteiger partial charge in [-0.1, -0.05) is 47.5 Å². The monoisotopic (exact) mass is 434 g/mol. The summed E-state index contributed by atoms with van der Waals surface area (Å²) in [5.41, 5.74) is 3.44. The largest absolute Gasteiger partial charge is 0.292 e. The number of nitrogens with one attached hydrogen (secondary N) is 1. The molecule has 5 nitrogen and oxygen atoms in total. The zero-order valence-corrected chi connectivity index (χ0v) is 17.3. The Bertz CT molecular complexity index is 1360. The second-order valence-corrected chi connectivity index (χ2v) is 8.57. The lowest BCUT2D eigenvalue weighted by Gasteiger charge is -2.14. The smallest absolute Gasteiger partial charge is 0.280 e. The van der Waals surface area contributed by atoms with E-state index in [1.165, 1.54) is 10.7 Å². The van der Waals surface area contributed by atoms with Gasteiger partial charge in [-0.25, -0.2) is 4.98 Å². The highest BCUT2D eigenvalue weighted by Gasteiger charge is 2.48. The van der Waals surface area contributed by atoms with Gasteiger partial charge in [0.2, 0.25) is 0 Å². The van der Waals surface area contributed by atoms with Gasteiger partial charge >= 0.3 is 0 Å². The summed E-state index contributed by atoms with van der Waals surface area (Å²) in [6.45, 7) is 0. The van der Waals surface area contributed by atoms with Gasteiger partial charge in [-0.2, -0.15) is 9.78 Å². The molecule has 1 aliphatic carbocycles. The number of H-pyrrole nitrogens is 1. The number of rotatable bonds is 4. The van der Waals surface area contributed by atoms with Crippen LogP contribution in [0.5, 0.6) is 0 Å². The Morgan fingerprint density at radius 2 is 1.70 bits per heavy atom. The average molecular weight is 435 g/mol. The maximum atomic E-state index is 13.2. The third-order valence-electron chi connectivity index (χ3n) is 5.77. The summed E-state index contributed by atoms with van der Waals surface area (Å²) < 4.78 is 1.39. The maximum absolute atomic E-state index is 13.2. The number of benzene rings is 2. The first kappa shape index (κ1) is 18.9. The average Bonchev–Trinajstić information content (AvgIpc) is 3.42. The molecule has 0 bridgehead atoms. The molecule has 148 valence electrons. The normalized spacial score (nSPS) is 14.6. The predicted molar refractivity (Wildman–Crippen MR) is 117 cm³/mol. The Hall–Kier alpha value is -3.07. The maximum Gasteiger partial charge on any atom is 0.280 e. The van der Waals surface area contributed by atoms with Gasteiger partial charge in [0.05, 0.1) is 11.3 Å². The molecule has 0 aliphatic heterocycles. The zero-order valence-electron chi connectivity index (χ0n) is 15.8. The Morgan fingerprint density at radius 3 is 2.30 bits per heavy atom. The first-order valence-corrected chi connectivity index (χ1v) is 10.3. The molecule has 2 aromatic carbocycles. The number of hydrogen-bond donors (Lipinski definition) is 1. The van der Waals surface area contributed by atoms with Crippen molar-refractivity contribution in [3.05, 3.63) is 91.9 Å². The van der Waals surface area contributed by atoms with Crippen LogP contribution in [0.15, 0.2) is 59.5 Å². The van der Waals surface area contributed by atoms with Crippen LogP contribution < -0.4 is 5.56 Å². The topological polar surface area (TPSA) is 73.9 Å². The van der Waals surface area contributed by atoms with Crippen molar-refractivity contribution in [2.45, 2.75) is 24.7 Å². The van der Waals surface area contributed by atoms with E-state index in [-0.39, 0.29) is 11.0 Å². The van der Waals surface area contributed by atoms with Crippen LogP contribution in [0.4, 0.5) is 0 Å². The van der Waals surface area contributed by atoms with Gasteiger partial charge in [0.15, 0.2) is 5.65 Å². The number of fused-ring (bicyclic) bond motifs is 1. The number of aromatic nitrogens is 3.